The number of halogens is 2. The molecule has 1 heterocycles. The number of alkyl halides is 1. The highest BCUT2D eigenvalue weighted by Crippen LogP contribution is 2.10. The van der Waals surface area contributed by atoms with Crippen LogP contribution in [0.25, 0.3) is 0 Å². The van der Waals surface area contributed by atoms with E-state index in [9.17, 15) is 0 Å². The topological polar surface area (TPSA) is 12.5 Å². The van der Waals surface area contributed by atoms with Crippen molar-refractivity contribution in [2.75, 3.05) is 26.3 Å². The number of hydrogen-bond acceptors (Lipinski definition) is 2. The zero-order valence-electron chi connectivity index (χ0n) is 6.75. The molecule has 0 aromatic heterocycles. The lowest BCUT2D eigenvalue weighted by atomic mass is 10.3. The molecule has 1 atom stereocenters. The van der Waals surface area contributed by atoms with Crippen LogP contribution in [0.1, 0.15) is 13.3 Å². The van der Waals surface area contributed by atoms with Gasteiger partial charge < -0.3 is 4.74 Å². The highest BCUT2D eigenvalue weighted by Gasteiger charge is 2.16. The van der Waals surface area contributed by atoms with Crippen molar-refractivity contribution in [2.45, 2.75) is 18.8 Å². The van der Waals surface area contributed by atoms with Gasteiger partial charge in [0.1, 0.15) is 0 Å². The first kappa shape index (κ1) is 11.5. The van der Waals surface area contributed by atoms with Gasteiger partial charge in [0.25, 0.3) is 0 Å². The molecule has 0 bridgehead atoms. The molecule has 1 aliphatic heterocycles. The van der Waals surface area contributed by atoms with Gasteiger partial charge in [-0.25, -0.2) is 0 Å². The van der Waals surface area contributed by atoms with Gasteiger partial charge in [-0.05, 0) is 6.42 Å². The number of ether oxygens (including phenoxy) is 1. The van der Waals surface area contributed by atoms with E-state index in [0.29, 0.717) is 0 Å². The average Bonchev–Trinajstić information content (AvgIpc) is 2.05. The molecule has 0 amide bonds. The molecule has 1 unspecified atom stereocenters. The van der Waals surface area contributed by atoms with Gasteiger partial charge >= 0.3 is 0 Å². The number of morpholine rings is 1. The Bertz CT molecular complexity index is 96.4. The molecule has 0 N–H and O–H groups in total. The van der Waals surface area contributed by atoms with Gasteiger partial charge in [-0.15, -0.1) is 24.0 Å². The van der Waals surface area contributed by atoms with Crippen molar-refractivity contribution in [1.29, 1.82) is 0 Å². The lowest BCUT2D eigenvalue weighted by Gasteiger charge is -2.29. The van der Waals surface area contributed by atoms with Gasteiger partial charge in [0.15, 0.2) is 0 Å². The lowest BCUT2D eigenvalue weighted by Crippen LogP contribution is -2.40. The van der Waals surface area contributed by atoms with Crippen molar-refractivity contribution < 1.29 is 4.74 Å². The van der Waals surface area contributed by atoms with Crippen molar-refractivity contribution >= 4 is 24.0 Å². The molecule has 1 fully saturated rings. The van der Waals surface area contributed by atoms with E-state index in [4.69, 9.17) is 16.3 Å². The SMILES string of the molecule is CCC(Cl)N1CCOCC1.Cl. The molecule has 0 aromatic rings. The number of rotatable bonds is 2. The van der Waals surface area contributed by atoms with Crippen LogP contribution in [-0.4, -0.2) is 36.7 Å². The maximum Gasteiger partial charge on any atom is 0.0849 e. The summed E-state index contributed by atoms with van der Waals surface area (Å²) in [6.45, 7) is 5.75. The first-order valence-electron chi connectivity index (χ1n) is 3.80. The van der Waals surface area contributed by atoms with E-state index >= 15 is 0 Å². The summed E-state index contributed by atoms with van der Waals surface area (Å²) in [4.78, 5) is 2.26. The molecule has 1 aliphatic rings. The van der Waals surface area contributed by atoms with Gasteiger partial charge in [0, 0.05) is 13.1 Å². The summed E-state index contributed by atoms with van der Waals surface area (Å²) in [5.74, 6) is 0. The number of nitrogens with zero attached hydrogens (tertiary/aromatic N) is 1. The molecule has 0 spiro atoms. The second-order valence-electron chi connectivity index (χ2n) is 2.49. The molecule has 0 radical (unpaired) electrons. The fourth-order valence-corrected chi connectivity index (χ4v) is 1.31. The summed E-state index contributed by atoms with van der Waals surface area (Å²) in [6, 6.07) is 0. The van der Waals surface area contributed by atoms with Gasteiger partial charge in [-0.2, -0.15) is 0 Å². The minimum absolute atomic E-state index is 0. The van der Waals surface area contributed by atoms with Crippen LogP contribution in [0.2, 0.25) is 0 Å². The normalized spacial score (nSPS) is 22.4. The molecular formula is C7H15Cl2NO. The first-order valence-corrected chi connectivity index (χ1v) is 4.24. The van der Waals surface area contributed by atoms with Crippen molar-refractivity contribution in [2.24, 2.45) is 0 Å². The van der Waals surface area contributed by atoms with Crippen LogP contribution < -0.4 is 0 Å². The Labute approximate surface area is 79.3 Å². The fourth-order valence-electron chi connectivity index (χ4n) is 1.12. The summed E-state index contributed by atoms with van der Waals surface area (Å²) >= 11 is 6.01. The number of hydrogen-bond donors (Lipinski definition) is 0. The fraction of sp³-hybridized carbons (Fsp3) is 1.00. The minimum Gasteiger partial charge on any atom is -0.379 e. The third-order valence-corrected chi connectivity index (χ3v) is 2.36. The van der Waals surface area contributed by atoms with Crippen LogP contribution in [0.4, 0.5) is 0 Å². The smallest absolute Gasteiger partial charge is 0.0849 e. The largest absolute Gasteiger partial charge is 0.379 e. The third kappa shape index (κ3) is 3.61. The molecule has 0 saturated carbocycles. The molecule has 1 saturated heterocycles. The van der Waals surface area contributed by atoms with E-state index in [1.165, 1.54) is 0 Å². The Kier molecular flexibility index (Phi) is 6.34. The second kappa shape index (κ2) is 6.06. The van der Waals surface area contributed by atoms with Gasteiger partial charge in [0.2, 0.25) is 0 Å². The quantitative estimate of drug-likeness (QED) is 0.497. The van der Waals surface area contributed by atoms with Crippen LogP contribution in [0, 0.1) is 0 Å². The van der Waals surface area contributed by atoms with Crippen LogP contribution >= 0.6 is 24.0 Å². The summed E-state index contributed by atoms with van der Waals surface area (Å²) in [5, 5.41) is 0. The van der Waals surface area contributed by atoms with Crippen molar-refractivity contribution in [3.63, 3.8) is 0 Å². The minimum atomic E-state index is 0. The monoisotopic (exact) mass is 199 g/mol. The predicted molar refractivity (Wildman–Crippen MR) is 49.6 cm³/mol. The molecule has 1 rings (SSSR count). The third-order valence-electron chi connectivity index (χ3n) is 1.78. The highest BCUT2D eigenvalue weighted by molar-refractivity contribution is 6.20. The van der Waals surface area contributed by atoms with Crippen molar-refractivity contribution in [3.05, 3.63) is 0 Å². The Morgan fingerprint density at radius 3 is 2.45 bits per heavy atom. The summed E-state index contributed by atoms with van der Waals surface area (Å²) < 4.78 is 5.19. The molecule has 68 valence electrons. The van der Waals surface area contributed by atoms with Crippen LogP contribution in [-0.2, 0) is 4.74 Å². The lowest BCUT2D eigenvalue weighted by molar-refractivity contribution is 0.0308. The second-order valence-corrected chi connectivity index (χ2v) is 2.99. The highest BCUT2D eigenvalue weighted by atomic mass is 35.5. The van der Waals surface area contributed by atoms with Crippen LogP contribution in [0.3, 0.4) is 0 Å². The summed E-state index contributed by atoms with van der Waals surface area (Å²) in [6.07, 6.45) is 1.02. The zero-order chi connectivity index (χ0) is 7.40. The van der Waals surface area contributed by atoms with E-state index in [1.807, 2.05) is 0 Å². The van der Waals surface area contributed by atoms with Gasteiger partial charge in [-0.3, -0.25) is 4.90 Å². The summed E-state index contributed by atoms with van der Waals surface area (Å²) in [5.41, 5.74) is 0.212. The maximum absolute atomic E-state index is 6.01. The standard InChI is InChI=1S/C7H14ClNO.ClH/c1-2-7(8)9-3-5-10-6-4-9;/h7H,2-6H2,1H3;1H. The van der Waals surface area contributed by atoms with Crippen molar-refractivity contribution in [1.82, 2.24) is 4.90 Å². The predicted octanol–water partition coefficient (Wildman–Crippen LogP) is 1.72. The zero-order valence-corrected chi connectivity index (χ0v) is 8.33. The Balaban J connectivity index is 0.000001000. The van der Waals surface area contributed by atoms with E-state index in [1.54, 1.807) is 0 Å². The Hall–Kier alpha value is 0.500. The maximum atomic E-state index is 6.01. The first-order chi connectivity index (χ1) is 4.84. The van der Waals surface area contributed by atoms with Crippen LogP contribution in [0.15, 0.2) is 0 Å². The molecule has 2 nitrogen and oxygen atoms in total. The molecule has 0 aliphatic carbocycles. The average molecular weight is 200 g/mol. The van der Waals surface area contributed by atoms with Gasteiger partial charge in [-0.1, -0.05) is 6.92 Å². The Morgan fingerprint density at radius 1 is 1.45 bits per heavy atom. The summed E-state index contributed by atoms with van der Waals surface area (Å²) in [7, 11) is 0. The molecule has 11 heavy (non-hydrogen) atoms. The molecule has 4 heteroatoms. The van der Waals surface area contributed by atoms with E-state index in [0.717, 1.165) is 32.7 Å². The molecule has 0 aromatic carbocycles. The van der Waals surface area contributed by atoms with Crippen molar-refractivity contribution in [3.8, 4) is 0 Å². The van der Waals surface area contributed by atoms with E-state index < -0.39 is 0 Å². The van der Waals surface area contributed by atoms with E-state index in [2.05, 4.69) is 11.8 Å². The van der Waals surface area contributed by atoms with E-state index in [-0.39, 0.29) is 17.9 Å². The Morgan fingerprint density at radius 2 is 2.00 bits per heavy atom. The van der Waals surface area contributed by atoms with Crippen LogP contribution in [0.5, 0.6) is 0 Å². The molecular weight excluding hydrogens is 185 g/mol. The van der Waals surface area contributed by atoms with Gasteiger partial charge in [0.05, 0.1) is 18.7 Å².